The van der Waals surface area contributed by atoms with Crippen LogP contribution in [-0.2, 0) is 0 Å². The zero-order chi connectivity index (χ0) is 18.6. The lowest BCUT2D eigenvalue weighted by Gasteiger charge is -2.38. The van der Waals surface area contributed by atoms with Gasteiger partial charge in [0.2, 0.25) is 0 Å². The molecule has 1 unspecified atom stereocenters. The predicted octanol–water partition coefficient (Wildman–Crippen LogP) is 2.59. The molecular weight excluding hydrogens is 340 g/mol. The maximum Gasteiger partial charge on any atom is 0.322 e. The number of aromatic nitrogens is 2. The number of piperazine rings is 1. The fourth-order valence-electron chi connectivity index (χ4n) is 4.24. The SMILES string of the molecule is CN1CCN(CCC2CCCCN2C(=O)Nc2cccc3[nH]ncc23)CC1. The van der Waals surface area contributed by atoms with Gasteiger partial charge in [0, 0.05) is 50.7 Å². The smallest absolute Gasteiger partial charge is 0.322 e. The van der Waals surface area contributed by atoms with Gasteiger partial charge < -0.3 is 20.0 Å². The first-order valence-electron chi connectivity index (χ1n) is 10.1. The third-order valence-corrected chi connectivity index (χ3v) is 5.99. The van der Waals surface area contributed by atoms with E-state index in [-0.39, 0.29) is 6.03 Å². The van der Waals surface area contributed by atoms with E-state index >= 15 is 0 Å². The summed E-state index contributed by atoms with van der Waals surface area (Å²) in [5.74, 6) is 0. The minimum absolute atomic E-state index is 0.0202. The van der Waals surface area contributed by atoms with E-state index in [1.165, 1.54) is 6.42 Å². The molecule has 0 spiro atoms. The Labute approximate surface area is 160 Å². The van der Waals surface area contributed by atoms with Crippen LogP contribution in [0.1, 0.15) is 25.7 Å². The Bertz CT molecular complexity index is 767. The number of nitrogens with zero attached hydrogens (tertiary/aromatic N) is 4. The molecule has 0 bridgehead atoms. The number of nitrogens with one attached hydrogen (secondary N) is 2. The van der Waals surface area contributed by atoms with Crippen LogP contribution < -0.4 is 5.32 Å². The topological polar surface area (TPSA) is 67.5 Å². The van der Waals surface area contributed by atoms with Crippen LogP contribution in [0.3, 0.4) is 0 Å². The van der Waals surface area contributed by atoms with E-state index < -0.39 is 0 Å². The quantitative estimate of drug-likeness (QED) is 0.868. The van der Waals surface area contributed by atoms with Gasteiger partial charge >= 0.3 is 6.03 Å². The van der Waals surface area contributed by atoms with Crippen LogP contribution in [0.4, 0.5) is 10.5 Å². The molecule has 3 heterocycles. The molecule has 1 aromatic heterocycles. The van der Waals surface area contributed by atoms with Crippen molar-refractivity contribution in [1.82, 2.24) is 24.9 Å². The van der Waals surface area contributed by atoms with Crippen molar-refractivity contribution in [3.8, 4) is 0 Å². The number of hydrogen-bond acceptors (Lipinski definition) is 4. The summed E-state index contributed by atoms with van der Waals surface area (Å²) in [5, 5.41) is 11.1. The van der Waals surface area contributed by atoms with Gasteiger partial charge in [-0.1, -0.05) is 6.07 Å². The average Bonchev–Trinajstić information content (AvgIpc) is 3.18. The molecule has 1 aromatic carbocycles. The van der Waals surface area contributed by atoms with Crippen molar-refractivity contribution in [2.24, 2.45) is 0 Å². The van der Waals surface area contributed by atoms with E-state index in [9.17, 15) is 4.79 Å². The molecule has 0 radical (unpaired) electrons. The number of rotatable bonds is 4. The zero-order valence-electron chi connectivity index (χ0n) is 16.2. The molecular formula is C20H30N6O. The normalized spacial score (nSPS) is 22.3. The number of fused-ring (bicyclic) bond motifs is 1. The Morgan fingerprint density at radius 1 is 1.22 bits per heavy atom. The number of hydrogen-bond donors (Lipinski definition) is 2. The number of likely N-dealkylation sites (tertiary alicyclic amines) is 1. The van der Waals surface area contributed by atoms with Gasteiger partial charge in [0.1, 0.15) is 0 Å². The monoisotopic (exact) mass is 370 g/mol. The largest absolute Gasteiger partial charge is 0.322 e. The van der Waals surface area contributed by atoms with Crippen LogP contribution in [0.5, 0.6) is 0 Å². The molecule has 2 aliphatic heterocycles. The van der Waals surface area contributed by atoms with Crippen molar-refractivity contribution in [1.29, 1.82) is 0 Å². The number of piperidine rings is 1. The lowest BCUT2D eigenvalue weighted by atomic mass is 9.99. The molecule has 2 N–H and O–H groups in total. The van der Waals surface area contributed by atoms with Gasteiger partial charge in [0.25, 0.3) is 0 Å². The van der Waals surface area contributed by atoms with E-state index in [2.05, 4.69) is 37.3 Å². The highest BCUT2D eigenvalue weighted by atomic mass is 16.2. The van der Waals surface area contributed by atoms with Crippen LogP contribution >= 0.6 is 0 Å². The minimum Gasteiger partial charge on any atom is -0.322 e. The summed E-state index contributed by atoms with van der Waals surface area (Å²) >= 11 is 0. The first kappa shape index (κ1) is 18.3. The number of benzene rings is 1. The highest BCUT2D eigenvalue weighted by Gasteiger charge is 2.27. The van der Waals surface area contributed by atoms with E-state index in [1.807, 2.05) is 18.2 Å². The van der Waals surface area contributed by atoms with E-state index in [0.717, 1.165) is 75.1 Å². The Hall–Kier alpha value is -2.12. The van der Waals surface area contributed by atoms with Gasteiger partial charge in [-0.3, -0.25) is 5.10 Å². The first-order valence-corrected chi connectivity index (χ1v) is 10.1. The molecule has 2 fully saturated rings. The Kier molecular flexibility index (Phi) is 5.59. The fraction of sp³-hybridized carbons (Fsp3) is 0.600. The lowest BCUT2D eigenvalue weighted by molar-refractivity contribution is 0.122. The number of carbonyl (C=O) groups is 1. The molecule has 2 aromatic rings. The summed E-state index contributed by atoms with van der Waals surface area (Å²) in [6.45, 7) is 6.49. The van der Waals surface area contributed by atoms with Gasteiger partial charge in [0.05, 0.1) is 17.4 Å². The van der Waals surface area contributed by atoms with Crippen molar-refractivity contribution >= 4 is 22.6 Å². The summed E-state index contributed by atoms with van der Waals surface area (Å²) in [6.07, 6.45) is 6.25. The highest BCUT2D eigenvalue weighted by molar-refractivity contribution is 6.00. The molecule has 0 saturated carbocycles. The van der Waals surface area contributed by atoms with E-state index in [0.29, 0.717) is 6.04 Å². The molecule has 7 nitrogen and oxygen atoms in total. The fourth-order valence-corrected chi connectivity index (χ4v) is 4.24. The Morgan fingerprint density at radius 3 is 2.93 bits per heavy atom. The molecule has 7 heteroatoms. The number of urea groups is 1. The maximum absolute atomic E-state index is 13.0. The Balaban J connectivity index is 1.38. The van der Waals surface area contributed by atoms with Gasteiger partial charge in [-0.2, -0.15) is 5.10 Å². The highest BCUT2D eigenvalue weighted by Crippen LogP contribution is 2.24. The summed E-state index contributed by atoms with van der Waals surface area (Å²) in [6, 6.07) is 6.21. The Morgan fingerprint density at radius 2 is 2.07 bits per heavy atom. The van der Waals surface area contributed by atoms with Crippen molar-refractivity contribution in [2.45, 2.75) is 31.7 Å². The van der Waals surface area contributed by atoms with Gasteiger partial charge in [-0.15, -0.1) is 0 Å². The minimum atomic E-state index is 0.0202. The lowest BCUT2D eigenvalue weighted by Crippen LogP contribution is -2.49. The van der Waals surface area contributed by atoms with E-state index in [4.69, 9.17) is 0 Å². The maximum atomic E-state index is 13.0. The van der Waals surface area contributed by atoms with Crippen LogP contribution in [0.15, 0.2) is 24.4 Å². The summed E-state index contributed by atoms with van der Waals surface area (Å²) < 4.78 is 0. The summed E-state index contributed by atoms with van der Waals surface area (Å²) in [5.41, 5.74) is 1.77. The van der Waals surface area contributed by atoms with E-state index in [1.54, 1.807) is 6.20 Å². The van der Waals surface area contributed by atoms with Crippen molar-refractivity contribution in [3.05, 3.63) is 24.4 Å². The van der Waals surface area contributed by atoms with Gasteiger partial charge in [-0.25, -0.2) is 4.79 Å². The predicted molar refractivity (Wildman–Crippen MR) is 108 cm³/mol. The second-order valence-electron chi connectivity index (χ2n) is 7.84. The third-order valence-electron chi connectivity index (χ3n) is 5.99. The molecule has 1 atom stereocenters. The number of aromatic amines is 1. The molecule has 27 heavy (non-hydrogen) atoms. The number of H-pyrrole nitrogens is 1. The van der Waals surface area contributed by atoms with Crippen LogP contribution in [0.2, 0.25) is 0 Å². The van der Waals surface area contributed by atoms with Crippen molar-refractivity contribution < 1.29 is 4.79 Å². The summed E-state index contributed by atoms with van der Waals surface area (Å²) in [7, 11) is 2.19. The van der Waals surface area contributed by atoms with Crippen molar-refractivity contribution in [2.75, 3.05) is 51.6 Å². The zero-order valence-corrected chi connectivity index (χ0v) is 16.2. The molecule has 2 amide bonds. The molecule has 4 rings (SSSR count). The van der Waals surface area contributed by atoms with Gasteiger partial charge in [-0.05, 0) is 44.9 Å². The summed E-state index contributed by atoms with van der Waals surface area (Å²) in [4.78, 5) is 20.0. The number of anilines is 1. The molecule has 0 aliphatic carbocycles. The van der Waals surface area contributed by atoms with Crippen LogP contribution in [0.25, 0.3) is 10.9 Å². The molecule has 146 valence electrons. The van der Waals surface area contributed by atoms with Crippen molar-refractivity contribution in [3.63, 3.8) is 0 Å². The second kappa shape index (κ2) is 8.27. The first-order chi connectivity index (χ1) is 13.2. The average molecular weight is 371 g/mol. The molecule has 2 aliphatic rings. The number of amides is 2. The standard InChI is InChI=1S/C20H30N6O/c1-24-11-13-25(14-12-24)10-8-16-5-2-3-9-26(16)20(27)22-18-6-4-7-19-17(18)15-21-23-19/h4,6-7,15-16H,2-3,5,8-14H2,1H3,(H,21,23)(H,22,27). The number of likely N-dealkylation sites (N-methyl/N-ethyl adjacent to an activating group) is 1. The van der Waals surface area contributed by atoms with Gasteiger partial charge in [0.15, 0.2) is 0 Å². The van der Waals surface area contributed by atoms with Crippen LogP contribution in [0, 0.1) is 0 Å². The third kappa shape index (κ3) is 4.25. The number of carbonyl (C=O) groups excluding carboxylic acids is 1. The van der Waals surface area contributed by atoms with Crippen LogP contribution in [-0.4, -0.2) is 83.3 Å². The second-order valence-corrected chi connectivity index (χ2v) is 7.84. The molecule has 2 saturated heterocycles.